The molecule has 3 heterocycles. The SMILES string of the molecule is Nc1ccc(C(O)CC2C=C3N=CN=C3n3cccc32)cc1. The van der Waals surface area contributed by atoms with E-state index in [1.54, 1.807) is 6.34 Å². The molecule has 3 N–H and O–H groups in total. The number of fused-ring (bicyclic) bond motifs is 3. The smallest absolute Gasteiger partial charge is 0.164 e. The standard InChI is InChI=1S/C17H16N4O/c18-13-5-3-11(4-6-13)16(22)9-12-8-14-17(20-10-19-14)21-7-1-2-15(12)21/h1-8,10,12,16,22H,9,18H2. The minimum atomic E-state index is -0.547. The zero-order valence-corrected chi connectivity index (χ0v) is 11.9. The summed E-state index contributed by atoms with van der Waals surface area (Å²) in [5.74, 6) is 0.963. The van der Waals surface area contributed by atoms with Gasteiger partial charge in [0.15, 0.2) is 5.84 Å². The quantitative estimate of drug-likeness (QED) is 0.853. The average Bonchev–Trinajstić information content (AvgIpc) is 3.16. The number of allylic oxidation sites excluding steroid dienone is 2. The summed E-state index contributed by atoms with van der Waals surface area (Å²) in [5, 5.41) is 10.5. The van der Waals surface area contributed by atoms with Gasteiger partial charge in [-0.1, -0.05) is 12.1 Å². The number of nitrogens with zero attached hydrogens (tertiary/aromatic N) is 3. The molecule has 0 aliphatic carbocycles. The second kappa shape index (κ2) is 4.96. The van der Waals surface area contributed by atoms with E-state index in [1.807, 2.05) is 41.1 Å². The van der Waals surface area contributed by atoms with Crippen molar-refractivity contribution in [3.05, 3.63) is 65.6 Å². The Hall–Kier alpha value is -2.66. The van der Waals surface area contributed by atoms with Crippen molar-refractivity contribution in [2.75, 3.05) is 5.73 Å². The molecule has 0 amide bonds. The van der Waals surface area contributed by atoms with Crippen LogP contribution in [-0.2, 0) is 0 Å². The van der Waals surface area contributed by atoms with Crippen molar-refractivity contribution in [1.82, 2.24) is 4.57 Å². The fourth-order valence-corrected chi connectivity index (χ4v) is 3.02. The summed E-state index contributed by atoms with van der Waals surface area (Å²) >= 11 is 0. The molecular weight excluding hydrogens is 276 g/mol. The lowest BCUT2D eigenvalue weighted by Crippen LogP contribution is -2.21. The minimum absolute atomic E-state index is 0.103. The largest absolute Gasteiger partial charge is 0.399 e. The summed E-state index contributed by atoms with van der Waals surface area (Å²) in [6, 6.07) is 11.4. The number of hydrogen-bond acceptors (Lipinski definition) is 4. The van der Waals surface area contributed by atoms with Crippen molar-refractivity contribution in [2.24, 2.45) is 9.98 Å². The van der Waals surface area contributed by atoms with Crippen molar-refractivity contribution in [1.29, 1.82) is 0 Å². The normalized spacial score (nSPS) is 20.1. The molecule has 110 valence electrons. The zero-order chi connectivity index (χ0) is 15.1. The molecule has 2 aromatic rings. The van der Waals surface area contributed by atoms with E-state index in [0.717, 1.165) is 22.8 Å². The average molecular weight is 292 g/mol. The van der Waals surface area contributed by atoms with Crippen LogP contribution < -0.4 is 5.73 Å². The van der Waals surface area contributed by atoms with Crippen molar-refractivity contribution >= 4 is 17.9 Å². The van der Waals surface area contributed by atoms with E-state index in [0.29, 0.717) is 12.1 Å². The highest BCUT2D eigenvalue weighted by Gasteiger charge is 2.27. The number of aliphatic hydroxyl groups is 1. The number of nitrogen functional groups attached to an aromatic ring is 1. The molecule has 2 aliphatic heterocycles. The molecule has 2 aliphatic rings. The Morgan fingerprint density at radius 1 is 1.23 bits per heavy atom. The summed E-state index contributed by atoms with van der Waals surface area (Å²) in [6.45, 7) is 0. The first kappa shape index (κ1) is 13.0. The van der Waals surface area contributed by atoms with Gasteiger partial charge in [0.2, 0.25) is 0 Å². The van der Waals surface area contributed by atoms with Gasteiger partial charge in [0.05, 0.1) is 6.10 Å². The summed E-state index contributed by atoms with van der Waals surface area (Å²) in [7, 11) is 0. The summed E-state index contributed by atoms with van der Waals surface area (Å²) in [6.07, 6.45) is 5.69. The van der Waals surface area contributed by atoms with Crippen LogP contribution in [0.1, 0.15) is 29.7 Å². The van der Waals surface area contributed by atoms with Gasteiger partial charge in [-0.25, -0.2) is 9.98 Å². The Kier molecular flexibility index (Phi) is 2.94. The predicted molar refractivity (Wildman–Crippen MR) is 87.0 cm³/mol. The lowest BCUT2D eigenvalue weighted by atomic mass is 9.91. The van der Waals surface area contributed by atoms with E-state index < -0.39 is 6.10 Å². The van der Waals surface area contributed by atoms with Gasteiger partial charge in [-0.3, -0.25) is 0 Å². The highest BCUT2D eigenvalue weighted by Crippen LogP contribution is 2.35. The van der Waals surface area contributed by atoms with Crippen molar-refractivity contribution in [3.8, 4) is 0 Å². The number of hydrogen-bond donors (Lipinski definition) is 2. The maximum Gasteiger partial charge on any atom is 0.164 e. The van der Waals surface area contributed by atoms with Crippen LogP contribution in [0.5, 0.6) is 0 Å². The molecule has 0 fully saturated rings. The van der Waals surface area contributed by atoms with Crippen molar-refractivity contribution < 1.29 is 5.11 Å². The lowest BCUT2D eigenvalue weighted by Gasteiger charge is -2.24. The van der Waals surface area contributed by atoms with Gasteiger partial charge >= 0.3 is 0 Å². The fraction of sp³-hybridized carbons (Fsp3) is 0.176. The van der Waals surface area contributed by atoms with Gasteiger partial charge in [-0.05, 0) is 42.3 Å². The third-order valence-electron chi connectivity index (χ3n) is 4.15. The Labute approximate surface area is 128 Å². The highest BCUT2D eigenvalue weighted by molar-refractivity contribution is 6.08. The van der Waals surface area contributed by atoms with Gasteiger partial charge in [0.1, 0.15) is 12.0 Å². The number of aromatic nitrogens is 1. The van der Waals surface area contributed by atoms with Gasteiger partial charge < -0.3 is 15.4 Å². The summed E-state index contributed by atoms with van der Waals surface area (Å²) in [4.78, 5) is 8.59. The van der Waals surface area contributed by atoms with E-state index in [9.17, 15) is 5.11 Å². The monoisotopic (exact) mass is 292 g/mol. The van der Waals surface area contributed by atoms with Crippen molar-refractivity contribution in [3.63, 3.8) is 0 Å². The van der Waals surface area contributed by atoms with E-state index in [-0.39, 0.29) is 5.92 Å². The second-order valence-corrected chi connectivity index (χ2v) is 5.58. The van der Waals surface area contributed by atoms with Gasteiger partial charge in [-0.2, -0.15) is 0 Å². The van der Waals surface area contributed by atoms with E-state index >= 15 is 0 Å². The first-order chi connectivity index (χ1) is 10.7. The maximum atomic E-state index is 10.5. The molecule has 0 saturated carbocycles. The number of benzene rings is 1. The molecule has 5 nitrogen and oxygen atoms in total. The molecule has 0 spiro atoms. The third kappa shape index (κ3) is 2.07. The number of aliphatic imine (C=N–C) groups is 2. The van der Waals surface area contributed by atoms with Crippen LogP contribution >= 0.6 is 0 Å². The molecule has 1 aromatic heterocycles. The predicted octanol–water partition coefficient (Wildman–Crippen LogP) is 2.46. The maximum absolute atomic E-state index is 10.5. The van der Waals surface area contributed by atoms with Crippen LogP contribution in [0.25, 0.3) is 0 Å². The first-order valence-electron chi connectivity index (χ1n) is 7.26. The number of nitrogens with two attached hydrogens (primary N) is 1. The zero-order valence-electron chi connectivity index (χ0n) is 11.9. The van der Waals surface area contributed by atoms with E-state index in [2.05, 4.69) is 22.1 Å². The van der Waals surface area contributed by atoms with Crippen LogP contribution in [0.4, 0.5) is 5.69 Å². The van der Waals surface area contributed by atoms with Crippen LogP contribution in [0.15, 0.2) is 64.4 Å². The lowest BCUT2D eigenvalue weighted by molar-refractivity contribution is 0.162. The molecule has 2 atom stereocenters. The molecule has 0 bridgehead atoms. The fourth-order valence-electron chi connectivity index (χ4n) is 3.02. The molecule has 2 unspecified atom stereocenters. The Balaban J connectivity index is 1.63. The highest BCUT2D eigenvalue weighted by atomic mass is 16.3. The van der Waals surface area contributed by atoms with Gasteiger partial charge in [-0.15, -0.1) is 0 Å². The molecule has 4 rings (SSSR count). The summed E-state index contributed by atoms with van der Waals surface area (Å²) < 4.78 is 2.04. The number of aliphatic hydroxyl groups excluding tert-OH is 1. The number of rotatable bonds is 3. The molecule has 0 saturated heterocycles. The van der Waals surface area contributed by atoms with Gasteiger partial charge in [0, 0.05) is 23.5 Å². The topological polar surface area (TPSA) is 75.9 Å². The first-order valence-corrected chi connectivity index (χ1v) is 7.26. The van der Waals surface area contributed by atoms with Gasteiger partial charge in [0.25, 0.3) is 0 Å². The Bertz CT molecular complexity index is 798. The Morgan fingerprint density at radius 3 is 2.86 bits per heavy atom. The minimum Gasteiger partial charge on any atom is -0.399 e. The molecule has 22 heavy (non-hydrogen) atoms. The van der Waals surface area contributed by atoms with E-state index in [1.165, 1.54) is 0 Å². The van der Waals surface area contributed by atoms with E-state index in [4.69, 9.17) is 5.73 Å². The third-order valence-corrected chi connectivity index (χ3v) is 4.15. The van der Waals surface area contributed by atoms with Crippen LogP contribution in [0, 0.1) is 0 Å². The van der Waals surface area contributed by atoms with Crippen LogP contribution in [-0.4, -0.2) is 21.8 Å². The molecule has 5 heteroatoms. The van der Waals surface area contributed by atoms with Crippen molar-refractivity contribution in [2.45, 2.75) is 18.4 Å². The molecule has 0 radical (unpaired) electrons. The number of anilines is 1. The molecular formula is C17H16N4O. The van der Waals surface area contributed by atoms with Crippen LogP contribution in [0.2, 0.25) is 0 Å². The molecule has 1 aromatic carbocycles. The Morgan fingerprint density at radius 2 is 2.05 bits per heavy atom. The van der Waals surface area contributed by atoms with Crippen LogP contribution in [0.3, 0.4) is 0 Å². The summed E-state index contributed by atoms with van der Waals surface area (Å²) in [5.41, 5.74) is 9.27. The second-order valence-electron chi connectivity index (χ2n) is 5.58.